The monoisotopic (exact) mass is 298 g/mol. The molecule has 1 aromatic heterocycles. The van der Waals surface area contributed by atoms with Crippen LogP contribution in [0.2, 0.25) is 0 Å². The van der Waals surface area contributed by atoms with E-state index in [1.165, 1.54) is 0 Å². The highest BCUT2D eigenvalue weighted by molar-refractivity contribution is 8.26. The van der Waals surface area contributed by atoms with Gasteiger partial charge in [-0.2, -0.15) is 0 Å². The van der Waals surface area contributed by atoms with Gasteiger partial charge in [0.25, 0.3) is 0 Å². The van der Waals surface area contributed by atoms with E-state index in [0.29, 0.717) is 12.8 Å². The van der Waals surface area contributed by atoms with E-state index < -0.39 is 11.2 Å². The second kappa shape index (κ2) is 4.97. The number of rotatable bonds is 2. The molecule has 106 valence electrons. The van der Waals surface area contributed by atoms with Gasteiger partial charge in [-0.1, -0.05) is 30.3 Å². The van der Waals surface area contributed by atoms with Crippen molar-refractivity contribution in [3.05, 3.63) is 60.4 Å². The predicted octanol–water partition coefficient (Wildman–Crippen LogP) is 4.26. The van der Waals surface area contributed by atoms with Crippen LogP contribution in [0.1, 0.15) is 12.2 Å². The van der Waals surface area contributed by atoms with Crippen LogP contribution < -0.4 is 4.18 Å². The molecule has 1 unspecified atom stereocenters. The number of furan rings is 1. The maximum Gasteiger partial charge on any atom is 0.206 e. The number of aryl methyl sites for hydroxylation is 1. The molecule has 0 bridgehead atoms. The van der Waals surface area contributed by atoms with Gasteiger partial charge in [0.05, 0.1) is 4.90 Å². The molecule has 0 spiro atoms. The van der Waals surface area contributed by atoms with Gasteiger partial charge in [0.15, 0.2) is 0 Å². The summed E-state index contributed by atoms with van der Waals surface area (Å²) in [5.74, 6) is 1.63. The van der Waals surface area contributed by atoms with Crippen molar-refractivity contribution in [3.63, 3.8) is 0 Å². The Hall–Kier alpha value is -2.20. The predicted molar refractivity (Wildman–Crippen MR) is 83.9 cm³/mol. The van der Waals surface area contributed by atoms with Gasteiger partial charge < -0.3 is 8.60 Å². The lowest BCUT2D eigenvalue weighted by Gasteiger charge is -2.25. The number of fused-ring (bicyclic) bond motifs is 3. The lowest BCUT2D eigenvalue weighted by atomic mass is 10.2. The molecule has 0 saturated carbocycles. The van der Waals surface area contributed by atoms with E-state index in [2.05, 4.69) is 0 Å². The van der Waals surface area contributed by atoms with E-state index in [1.807, 2.05) is 54.6 Å². The first-order valence-electron chi connectivity index (χ1n) is 6.89. The van der Waals surface area contributed by atoms with E-state index in [0.717, 1.165) is 27.4 Å². The fourth-order valence-corrected chi connectivity index (χ4v) is 4.48. The van der Waals surface area contributed by atoms with Crippen molar-refractivity contribution < 1.29 is 13.4 Å². The third-order valence-electron chi connectivity index (χ3n) is 3.57. The van der Waals surface area contributed by atoms with Gasteiger partial charge in [0, 0.05) is 18.2 Å². The highest BCUT2D eigenvalue weighted by Gasteiger charge is 2.31. The Kier molecular flexibility index (Phi) is 2.97. The Labute approximate surface area is 125 Å². The third-order valence-corrected chi connectivity index (χ3v) is 5.54. The van der Waals surface area contributed by atoms with Crippen molar-refractivity contribution in [3.8, 4) is 5.75 Å². The first kappa shape index (κ1) is 12.5. The lowest BCUT2D eigenvalue weighted by molar-refractivity contribution is -0.111. The van der Waals surface area contributed by atoms with Crippen molar-refractivity contribution in [1.29, 1.82) is 0 Å². The fourth-order valence-electron chi connectivity index (χ4n) is 2.60. The molecule has 2 heterocycles. The topological polar surface area (TPSA) is 39.4 Å². The second-order valence-corrected chi connectivity index (χ2v) is 6.68. The number of carbonyl (C=O) groups is 1. The second-order valence-electron chi connectivity index (χ2n) is 4.96. The molecule has 0 aliphatic carbocycles. The van der Waals surface area contributed by atoms with Gasteiger partial charge in [-0.05, 0) is 35.4 Å². The number of hydrogen-bond donors (Lipinski definition) is 1. The van der Waals surface area contributed by atoms with Crippen molar-refractivity contribution in [2.24, 2.45) is 0 Å². The van der Waals surface area contributed by atoms with Crippen LogP contribution >= 0.6 is 11.2 Å². The summed E-state index contributed by atoms with van der Waals surface area (Å²) in [6.07, 6.45) is 1.16. The summed E-state index contributed by atoms with van der Waals surface area (Å²) in [5.41, 5.74) is 0.835. The molecule has 0 fully saturated rings. The molecular formula is C17H14O3S. The molecule has 0 radical (unpaired) electrons. The van der Waals surface area contributed by atoms with Gasteiger partial charge in [-0.15, -0.1) is 0 Å². The Bertz CT molecular complexity index is 807. The van der Waals surface area contributed by atoms with Crippen LogP contribution in [-0.2, 0) is 11.2 Å². The summed E-state index contributed by atoms with van der Waals surface area (Å²) < 4.78 is 11.9. The Morgan fingerprint density at radius 2 is 1.71 bits per heavy atom. The van der Waals surface area contributed by atoms with Crippen LogP contribution in [0.5, 0.6) is 5.75 Å². The fraction of sp³-hybridized carbons (Fsp3) is 0.118. The molecule has 3 aromatic rings. The standard InChI is InChI=1S/C17H14O3S/c18-16-11-10-15-17(13-8-4-5-9-14(13)19-15)21(16)20-12-6-2-1-3-7-12/h1-9,21H,10-11H2. The van der Waals surface area contributed by atoms with Crippen LogP contribution in [0.15, 0.2) is 63.9 Å². The zero-order valence-electron chi connectivity index (χ0n) is 11.3. The van der Waals surface area contributed by atoms with Crippen LogP contribution in [0.4, 0.5) is 0 Å². The number of thiol groups is 1. The summed E-state index contributed by atoms with van der Waals surface area (Å²) in [5, 5.41) is 1.18. The Morgan fingerprint density at radius 3 is 2.57 bits per heavy atom. The number of benzene rings is 2. The highest BCUT2D eigenvalue weighted by atomic mass is 32.2. The van der Waals surface area contributed by atoms with Gasteiger partial charge in [-0.25, -0.2) is 0 Å². The maximum absolute atomic E-state index is 12.4. The number of hydrogen-bond acceptors (Lipinski definition) is 3. The molecule has 1 aliphatic rings. The zero-order chi connectivity index (χ0) is 14.2. The molecule has 0 amide bonds. The molecule has 4 rings (SSSR count). The Morgan fingerprint density at radius 1 is 0.952 bits per heavy atom. The summed E-state index contributed by atoms with van der Waals surface area (Å²) in [6, 6.07) is 17.4. The maximum atomic E-state index is 12.4. The largest absolute Gasteiger partial charge is 0.460 e. The highest BCUT2D eigenvalue weighted by Crippen LogP contribution is 2.50. The number of carbonyl (C=O) groups excluding carboxylic acids is 1. The minimum atomic E-state index is -1.32. The summed E-state index contributed by atoms with van der Waals surface area (Å²) in [6.45, 7) is 0. The summed E-state index contributed by atoms with van der Waals surface area (Å²) in [4.78, 5) is 13.3. The molecule has 2 aromatic carbocycles. The summed E-state index contributed by atoms with van der Waals surface area (Å²) >= 11 is -1.32. The minimum absolute atomic E-state index is 0.174. The first-order chi connectivity index (χ1) is 10.3. The lowest BCUT2D eigenvalue weighted by Crippen LogP contribution is -2.12. The van der Waals surface area contributed by atoms with Crippen molar-refractivity contribution in [2.75, 3.05) is 0 Å². The zero-order valence-corrected chi connectivity index (χ0v) is 12.2. The van der Waals surface area contributed by atoms with Gasteiger partial charge in [0.2, 0.25) is 5.12 Å². The van der Waals surface area contributed by atoms with Crippen LogP contribution in [0.25, 0.3) is 11.0 Å². The first-order valence-corrected chi connectivity index (χ1v) is 8.15. The molecule has 3 nitrogen and oxygen atoms in total. The van der Waals surface area contributed by atoms with Crippen LogP contribution in [0, 0.1) is 0 Å². The van der Waals surface area contributed by atoms with E-state index in [-0.39, 0.29) is 5.12 Å². The molecule has 21 heavy (non-hydrogen) atoms. The Balaban J connectivity index is 1.83. The molecular weight excluding hydrogens is 284 g/mol. The van der Waals surface area contributed by atoms with Crippen molar-refractivity contribution >= 4 is 27.3 Å². The molecule has 1 atom stereocenters. The van der Waals surface area contributed by atoms with Crippen LogP contribution in [0.3, 0.4) is 0 Å². The number of para-hydroxylation sites is 2. The molecule has 0 saturated heterocycles. The third kappa shape index (κ3) is 2.12. The molecule has 1 aliphatic heterocycles. The van der Waals surface area contributed by atoms with Gasteiger partial charge in [-0.3, -0.25) is 4.79 Å². The van der Waals surface area contributed by atoms with E-state index >= 15 is 0 Å². The molecule has 0 N–H and O–H groups in total. The summed E-state index contributed by atoms with van der Waals surface area (Å²) in [7, 11) is 0. The molecule has 4 heteroatoms. The van der Waals surface area contributed by atoms with Gasteiger partial charge >= 0.3 is 0 Å². The normalized spacial score (nSPS) is 19.4. The van der Waals surface area contributed by atoms with Crippen LogP contribution in [-0.4, -0.2) is 5.12 Å². The van der Waals surface area contributed by atoms with Gasteiger partial charge in [0.1, 0.15) is 17.1 Å². The van der Waals surface area contributed by atoms with Crippen molar-refractivity contribution in [1.82, 2.24) is 0 Å². The SMILES string of the molecule is O=C1CCc2oc3ccccc3c2[SH]1Oc1ccccc1. The average molecular weight is 298 g/mol. The van der Waals surface area contributed by atoms with E-state index in [9.17, 15) is 4.79 Å². The average Bonchev–Trinajstić information content (AvgIpc) is 2.90. The van der Waals surface area contributed by atoms with E-state index in [4.69, 9.17) is 8.60 Å². The quantitative estimate of drug-likeness (QED) is 0.719. The van der Waals surface area contributed by atoms with E-state index in [1.54, 1.807) is 0 Å². The van der Waals surface area contributed by atoms with Crippen molar-refractivity contribution in [2.45, 2.75) is 17.7 Å². The smallest absolute Gasteiger partial charge is 0.206 e. The minimum Gasteiger partial charge on any atom is -0.460 e.